The van der Waals surface area contributed by atoms with Gasteiger partial charge in [-0.25, -0.2) is 0 Å². The third-order valence-corrected chi connectivity index (χ3v) is 3.28. The molecule has 2 rings (SSSR count). The third-order valence-electron chi connectivity index (χ3n) is 3.28. The largest absolute Gasteiger partial charge is 0.361 e. The number of allylic oxidation sites excluding steroid dienone is 1. The molecule has 0 saturated heterocycles. The maximum atomic E-state index is 3.50. The van der Waals surface area contributed by atoms with Crippen molar-refractivity contribution in [3.8, 4) is 11.8 Å². The molecule has 0 amide bonds. The summed E-state index contributed by atoms with van der Waals surface area (Å²) in [6, 6.07) is 8.80. The average molecular weight is 280 g/mol. The third kappa shape index (κ3) is 4.51. The van der Waals surface area contributed by atoms with Crippen molar-refractivity contribution in [2.75, 3.05) is 6.54 Å². The molecule has 2 nitrogen and oxygen atoms in total. The van der Waals surface area contributed by atoms with Crippen LogP contribution in [0.15, 0.2) is 42.6 Å². The molecule has 2 N–H and O–H groups in total. The predicted molar refractivity (Wildman–Crippen MR) is 91.1 cm³/mol. The van der Waals surface area contributed by atoms with Gasteiger partial charge in [0.1, 0.15) is 0 Å². The van der Waals surface area contributed by atoms with Gasteiger partial charge in [-0.1, -0.05) is 36.1 Å². The van der Waals surface area contributed by atoms with Crippen molar-refractivity contribution >= 4 is 10.9 Å². The molecule has 1 aromatic carbocycles. The van der Waals surface area contributed by atoms with E-state index in [1.165, 1.54) is 16.5 Å². The zero-order chi connectivity index (χ0) is 15.3. The molecule has 1 atom stereocenters. The molecule has 0 aliphatic rings. The summed E-state index contributed by atoms with van der Waals surface area (Å²) in [6.45, 7) is 9.35. The van der Waals surface area contributed by atoms with Crippen LogP contribution in [0.25, 0.3) is 10.9 Å². The highest BCUT2D eigenvalue weighted by Gasteiger charge is 2.08. The van der Waals surface area contributed by atoms with Gasteiger partial charge >= 0.3 is 0 Å². The van der Waals surface area contributed by atoms with E-state index in [4.69, 9.17) is 0 Å². The molecular formula is C19H24N2. The van der Waals surface area contributed by atoms with Crippen molar-refractivity contribution in [3.63, 3.8) is 0 Å². The fraction of sp³-hybridized carbons (Fsp3) is 0.368. The van der Waals surface area contributed by atoms with E-state index in [2.05, 4.69) is 80.2 Å². The van der Waals surface area contributed by atoms with Crippen LogP contribution in [0.3, 0.4) is 0 Å². The summed E-state index contributed by atoms with van der Waals surface area (Å²) >= 11 is 0. The average Bonchev–Trinajstić information content (AvgIpc) is 2.89. The number of nitrogens with one attached hydrogen (secondary N) is 2. The van der Waals surface area contributed by atoms with Gasteiger partial charge in [-0.05, 0) is 50.8 Å². The van der Waals surface area contributed by atoms with Crippen LogP contribution in [0, 0.1) is 17.3 Å². The summed E-state index contributed by atoms with van der Waals surface area (Å²) in [5.74, 6) is 6.28. The Morgan fingerprint density at radius 2 is 2.10 bits per heavy atom. The van der Waals surface area contributed by atoms with Crippen LogP contribution in [-0.2, 0) is 0 Å². The van der Waals surface area contributed by atoms with Crippen LogP contribution in [-0.4, -0.2) is 11.5 Å². The van der Waals surface area contributed by atoms with E-state index in [1.807, 2.05) is 12.3 Å². The van der Waals surface area contributed by atoms with Crippen LogP contribution in [0.1, 0.15) is 39.3 Å². The van der Waals surface area contributed by atoms with Crippen molar-refractivity contribution in [2.24, 2.45) is 5.41 Å². The summed E-state index contributed by atoms with van der Waals surface area (Å²) in [6.07, 6.45) is 5.99. The van der Waals surface area contributed by atoms with Crippen LogP contribution >= 0.6 is 0 Å². The minimum absolute atomic E-state index is 0.0638. The number of hydrogen-bond acceptors (Lipinski definition) is 1. The van der Waals surface area contributed by atoms with Crippen molar-refractivity contribution in [1.82, 2.24) is 10.3 Å². The Morgan fingerprint density at radius 3 is 2.86 bits per heavy atom. The van der Waals surface area contributed by atoms with Crippen molar-refractivity contribution in [1.29, 1.82) is 0 Å². The molecule has 21 heavy (non-hydrogen) atoms. The van der Waals surface area contributed by atoms with E-state index in [-0.39, 0.29) is 5.41 Å². The van der Waals surface area contributed by atoms with E-state index in [1.54, 1.807) is 0 Å². The lowest BCUT2D eigenvalue weighted by Gasteiger charge is -2.13. The number of para-hydroxylation sites is 1. The van der Waals surface area contributed by atoms with Crippen LogP contribution < -0.4 is 5.32 Å². The smallest absolute Gasteiger partial charge is 0.0502 e. The molecular weight excluding hydrogens is 256 g/mol. The molecule has 0 unspecified atom stereocenters. The van der Waals surface area contributed by atoms with Gasteiger partial charge in [0, 0.05) is 24.2 Å². The Balaban J connectivity index is 1.93. The molecule has 1 heterocycles. The first kappa shape index (κ1) is 15.4. The number of aromatic nitrogens is 1. The Hall–Kier alpha value is -1.98. The maximum absolute atomic E-state index is 3.50. The topological polar surface area (TPSA) is 27.8 Å². The summed E-state index contributed by atoms with van der Waals surface area (Å²) < 4.78 is 0. The van der Waals surface area contributed by atoms with E-state index >= 15 is 0 Å². The van der Waals surface area contributed by atoms with E-state index in [9.17, 15) is 0 Å². The summed E-state index contributed by atoms with van der Waals surface area (Å²) in [4.78, 5) is 3.32. The predicted octanol–water partition coefficient (Wildman–Crippen LogP) is 4.42. The second-order valence-electron chi connectivity index (χ2n) is 6.34. The van der Waals surface area contributed by atoms with Gasteiger partial charge in [0.05, 0.1) is 5.52 Å². The van der Waals surface area contributed by atoms with Gasteiger partial charge in [-0.3, -0.25) is 0 Å². The molecule has 0 fully saturated rings. The van der Waals surface area contributed by atoms with Gasteiger partial charge in [-0.15, -0.1) is 0 Å². The lowest BCUT2D eigenvalue weighted by Crippen LogP contribution is -2.18. The number of hydrogen-bond donors (Lipinski definition) is 2. The first-order valence-electron chi connectivity index (χ1n) is 7.44. The molecule has 0 aliphatic heterocycles. The van der Waals surface area contributed by atoms with Crippen LogP contribution in [0.2, 0.25) is 0 Å². The van der Waals surface area contributed by atoms with Gasteiger partial charge in [0.15, 0.2) is 0 Å². The number of H-pyrrole nitrogens is 1. The summed E-state index contributed by atoms with van der Waals surface area (Å²) in [5, 5.41) is 4.76. The Morgan fingerprint density at radius 1 is 1.29 bits per heavy atom. The summed E-state index contributed by atoms with van der Waals surface area (Å²) in [5.41, 5.74) is 2.58. The lowest BCUT2D eigenvalue weighted by molar-refractivity contribution is 0.571. The molecule has 0 saturated carbocycles. The Bertz CT molecular complexity index is 675. The summed E-state index contributed by atoms with van der Waals surface area (Å²) in [7, 11) is 0. The molecule has 2 heteroatoms. The fourth-order valence-electron chi connectivity index (χ4n) is 2.20. The normalized spacial score (nSPS) is 13.3. The van der Waals surface area contributed by atoms with Crippen molar-refractivity contribution in [2.45, 2.75) is 33.7 Å². The molecule has 0 bridgehead atoms. The zero-order valence-corrected chi connectivity index (χ0v) is 13.3. The minimum atomic E-state index is 0.0638. The fourth-order valence-corrected chi connectivity index (χ4v) is 2.20. The Labute approximate surface area is 127 Å². The van der Waals surface area contributed by atoms with E-state index < -0.39 is 0 Å². The second kappa shape index (κ2) is 6.65. The number of benzene rings is 1. The highest BCUT2D eigenvalue weighted by molar-refractivity contribution is 5.82. The van der Waals surface area contributed by atoms with Crippen molar-refractivity contribution < 1.29 is 0 Å². The number of aromatic amines is 1. The Kier molecular flexibility index (Phi) is 4.88. The SMILES string of the molecule is C[C@@H](NCC=CC#CC(C)(C)C)c1cccc2cc[nH]c12. The zero-order valence-electron chi connectivity index (χ0n) is 13.3. The highest BCUT2D eigenvalue weighted by Crippen LogP contribution is 2.22. The van der Waals surface area contributed by atoms with Crippen molar-refractivity contribution in [3.05, 3.63) is 48.2 Å². The van der Waals surface area contributed by atoms with Crippen LogP contribution in [0.5, 0.6) is 0 Å². The molecule has 0 aliphatic carbocycles. The molecule has 110 valence electrons. The number of rotatable bonds is 4. The first-order chi connectivity index (χ1) is 9.97. The molecule has 0 spiro atoms. The quantitative estimate of drug-likeness (QED) is 0.797. The minimum Gasteiger partial charge on any atom is -0.361 e. The molecule has 0 radical (unpaired) electrons. The highest BCUT2D eigenvalue weighted by atomic mass is 14.9. The number of fused-ring (bicyclic) bond motifs is 1. The standard InChI is InChI=1S/C19H24N2/c1-15(20-13-7-5-6-12-19(2,3)4)17-10-8-9-16-11-14-21-18(16)17/h5,7-11,14-15,20-21H,13H2,1-4H3/t15-/m1/s1. The van der Waals surface area contributed by atoms with Gasteiger partial charge in [-0.2, -0.15) is 0 Å². The van der Waals surface area contributed by atoms with Crippen LogP contribution in [0.4, 0.5) is 0 Å². The van der Waals surface area contributed by atoms with Gasteiger partial charge in [0.2, 0.25) is 0 Å². The molecule has 2 aromatic rings. The maximum Gasteiger partial charge on any atom is 0.0502 e. The van der Waals surface area contributed by atoms with E-state index in [0.29, 0.717) is 6.04 Å². The monoisotopic (exact) mass is 280 g/mol. The molecule has 1 aromatic heterocycles. The first-order valence-corrected chi connectivity index (χ1v) is 7.44. The van der Waals surface area contributed by atoms with Gasteiger partial charge in [0.25, 0.3) is 0 Å². The van der Waals surface area contributed by atoms with E-state index in [0.717, 1.165) is 6.54 Å². The van der Waals surface area contributed by atoms with Gasteiger partial charge < -0.3 is 10.3 Å². The lowest BCUT2D eigenvalue weighted by atomic mass is 9.98. The second-order valence-corrected chi connectivity index (χ2v) is 6.34.